The zero-order chi connectivity index (χ0) is 24.0. The van der Waals surface area contributed by atoms with E-state index in [0.717, 1.165) is 5.56 Å². The summed E-state index contributed by atoms with van der Waals surface area (Å²) in [6, 6.07) is 16.8. The van der Waals surface area contributed by atoms with Gasteiger partial charge in [0.25, 0.3) is 10.0 Å². The van der Waals surface area contributed by atoms with Crippen molar-refractivity contribution >= 4 is 27.5 Å². The number of benzene rings is 3. The van der Waals surface area contributed by atoms with Crippen LogP contribution in [-0.2, 0) is 14.8 Å². The number of ether oxygens (including phenoxy) is 3. The molecule has 0 atom stereocenters. The first-order valence-corrected chi connectivity index (χ1v) is 11.3. The Labute approximate surface area is 192 Å². The molecule has 0 unspecified atom stereocenters. The minimum absolute atomic E-state index is 0.0168. The second-order valence-corrected chi connectivity index (χ2v) is 8.74. The van der Waals surface area contributed by atoms with E-state index in [4.69, 9.17) is 14.2 Å². The van der Waals surface area contributed by atoms with Crippen LogP contribution in [0.3, 0.4) is 0 Å². The molecule has 0 bridgehead atoms. The van der Waals surface area contributed by atoms with Crippen molar-refractivity contribution in [2.24, 2.45) is 0 Å². The fourth-order valence-electron chi connectivity index (χ4n) is 2.93. The highest BCUT2D eigenvalue weighted by atomic mass is 32.2. The molecule has 0 aliphatic carbocycles. The average molecular weight is 470 g/mol. The number of carbonyl (C=O) groups excluding carboxylic acids is 2. The third kappa shape index (κ3) is 5.89. The van der Waals surface area contributed by atoms with Crippen molar-refractivity contribution in [1.29, 1.82) is 0 Å². The number of Topliss-reactive ketones (excluding diaryl/α,β-unsaturated/α-hetero) is 1. The van der Waals surface area contributed by atoms with Crippen LogP contribution in [0, 0.1) is 6.92 Å². The number of hydrogen-bond acceptors (Lipinski definition) is 7. The van der Waals surface area contributed by atoms with E-state index in [-0.39, 0.29) is 16.0 Å². The minimum Gasteiger partial charge on any atom is -0.497 e. The van der Waals surface area contributed by atoms with E-state index in [0.29, 0.717) is 17.2 Å². The van der Waals surface area contributed by atoms with Gasteiger partial charge in [-0.3, -0.25) is 9.52 Å². The molecule has 33 heavy (non-hydrogen) atoms. The van der Waals surface area contributed by atoms with Crippen LogP contribution in [0.15, 0.2) is 71.6 Å². The van der Waals surface area contributed by atoms with Gasteiger partial charge in [0.1, 0.15) is 11.5 Å². The largest absolute Gasteiger partial charge is 0.497 e. The molecule has 0 aliphatic rings. The van der Waals surface area contributed by atoms with Crippen molar-refractivity contribution in [3.63, 3.8) is 0 Å². The van der Waals surface area contributed by atoms with Crippen molar-refractivity contribution in [1.82, 2.24) is 0 Å². The predicted molar refractivity (Wildman–Crippen MR) is 123 cm³/mol. The second-order valence-electron chi connectivity index (χ2n) is 7.06. The Morgan fingerprint density at radius 1 is 0.879 bits per heavy atom. The lowest BCUT2D eigenvalue weighted by molar-refractivity contribution is 0.0474. The first kappa shape index (κ1) is 23.8. The molecule has 0 saturated carbocycles. The Morgan fingerprint density at radius 3 is 2.15 bits per heavy atom. The van der Waals surface area contributed by atoms with E-state index in [2.05, 4.69) is 4.72 Å². The monoisotopic (exact) mass is 469 g/mol. The fraction of sp³-hybridized carbons (Fsp3) is 0.167. The fourth-order valence-corrected chi connectivity index (χ4v) is 3.99. The Bertz CT molecular complexity index is 1250. The van der Waals surface area contributed by atoms with Gasteiger partial charge in [-0.15, -0.1) is 0 Å². The number of esters is 1. The van der Waals surface area contributed by atoms with Crippen LogP contribution in [0.5, 0.6) is 11.5 Å². The molecule has 0 heterocycles. The highest BCUT2D eigenvalue weighted by Crippen LogP contribution is 2.24. The molecule has 0 aromatic heterocycles. The molecule has 0 fully saturated rings. The number of anilines is 1. The van der Waals surface area contributed by atoms with Crippen molar-refractivity contribution in [3.8, 4) is 11.5 Å². The second kappa shape index (κ2) is 10.2. The van der Waals surface area contributed by atoms with Crippen molar-refractivity contribution in [3.05, 3.63) is 83.4 Å². The zero-order valence-electron chi connectivity index (χ0n) is 18.3. The standard InChI is InChI=1S/C24H23NO7S/c1-16-4-8-18(9-5-16)25-33(28,29)20-11-6-17(7-12-20)24(27)32-15-22(26)21-14-19(30-2)10-13-23(21)31-3/h4-14,25H,15H2,1-3H3. The van der Waals surface area contributed by atoms with E-state index in [1.54, 1.807) is 36.4 Å². The number of aryl methyl sites for hydroxylation is 1. The van der Waals surface area contributed by atoms with Crippen LogP contribution >= 0.6 is 0 Å². The summed E-state index contributed by atoms with van der Waals surface area (Å²) < 4.78 is 43.0. The summed E-state index contributed by atoms with van der Waals surface area (Å²) in [5.74, 6) is -0.449. The Hall–Kier alpha value is -3.85. The van der Waals surface area contributed by atoms with E-state index >= 15 is 0 Å². The average Bonchev–Trinajstić information content (AvgIpc) is 2.83. The van der Waals surface area contributed by atoms with Gasteiger partial charge in [0.2, 0.25) is 5.78 Å². The molecule has 1 N–H and O–H groups in total. The number of sulfonamides is 1. The molecule has 3 aromatic carbocycles. The summed E-state index contributed by atoms with van der Waals surface area (Å²) in [5, 5.41) is 0. The highest BCUT2D eigenvalue weighted by molar-refractivity contribution is 7.92. The van der Waals surface area contributed by atoms with Gasteiger partial charge in [0, 0.05) is 5.69 Å². The quantitative estimate of drug-likeness (QED) is 0.375. The summed E-state index contributed by atoms with van der Waals surface area (Å²) in [5.41, 5.74) is 1.75. The topological polar surface area (TPSA) is 108 Å². The lowest BCUT2D eigenvalue weighted by Gasteiger charge is -2.11. The van der Waals surface area contributed by atoms with Gasteiger partial charge in [-0.2, -0.15) is 0 Å². The van der Waals surface area contributed by atoms with Gasteiger partial charge >= 0.3 is 5.97 Å². The molecular formula is C24H23NO7S. The summed E-state index contributed by atoms with van der Waals surface area (Å²) in [6.07, 6.45) is 0. The minimum atomic E-state index is -3.83. The molecule has 9 heteroatoms. The van der Waals surface area contributed by atoms with Crippen LogP contribution in [0.1, 0.15) is 26.3 Å². The maximum atomic E-state index is 12.6. The van der Waals surface area contributed by atoms with Crippen LogP contribution in [0.25, 0.3) is 0 Å². The number of ketones is 1. The molecule has 0 aliphatic heterocycles. The molecule has 0 amide bonds. The number of carbonyl (C=O) groups is 2. The lowest BCUT2D eigenvalue weighted by Crippen LogP contribution is -2.16. The highest BCUT2D eigenvalue weighted by Gasteiger charge is 2.18. The SMILES string of the molecule is COc1ccc(OC)c(C(=O)COC(=O)c2ccc(S(=O)(=O)Nc3ccc(C)cc3)cc2)c1. The summed E-state index contributed by atoms with van der Waals surface area (Å²) in [6.45, 7) is 1.38. The van der Waals surface area contributed by atoms with E-state index in [1.807, 2.05) is 6.92 Å². The van der Waals surface area contributed by atoms with Crippen molar-refractivity contribution in [2.45, 2.75) is 11.8 Å². The van der Waals surface area contributed by atoms with Crippen molar-refractivity contribution < 1.29 is 32.2 Å². The van der Waals surface area contributed by atoms with E-state index in [9.17, 15) is 18.0 Å². The van der Waals surface area contributed by atoms with Crippen LogP contribution in [0.4, 0.5) is 5.69 Å². The summed E-state index contributed by atoms with van der Waals surface area (Å²) in [4.78, 5) is 24.8. The molecule has 8 nitrogen and oxygen atoms in total. The normalized spacial score (nSPS) is 10.9. The lowest BCUT2D eigenvalue weighted by atomic mass is 10.1. The Morgan fingerprint density at radius 2 is 1.55 bits per heavy atom. The third-order valence-electron chi connectivity index (χ3n) is 4.75. The summed E-state index contributed by atoms with van der Waals surface area (Å²) >= 11 is 0. The first-order valence-electron chi connectivity index (χ1n) is 9.85. The van der Waals surface area contributed by atoms with Gasteiger partial charge < -0.3 is 14.2 Å². The molecular weight excluding hydrogens is 446 g/mol. The number of nitrogens with one attached hydrogen (secondary N) is 1. The third-order valence-corrected chi connectivity index (χ3v) is 6.14. The van der Waals surface area contributed by atoms with E-state index in [1.165, 1.54) is 44.6 Å². The zero-order valence-corrected chi connectivity index (χ0v) is 19.1. The smallest absolute Gasteiger partial charge is 0.338 e. The van der Waals surface area contributed by atoms with Gasteiger partial charge in [-0.05, 0) is 61.5 Å². The Kier molecular flexibility index (Phi) is 7.34. The van der Waals surface area contributed by atoms with Crippen LogP contribution in [-0.4, -0.2) is 41.0 Å². The number of rotatable bonds is 9. The maximum absolute atomic E-state index is 12.6. The van der Waals surface area contributed by atoms with Gasteiger partial charge in [0.15, 0.2) is 6.61 Å². The number of methoxy groups -OCH3 is 2. The van der Waals surface area contributed by atoms with E-state index < -0.39 is 28.4 Å². The molecule has 3 aromatic rings. The van der Waals surface area contributed by atoms with Gasteiger partial charge in [-0.25, -0.2) is 13.2 Å². The predicted octanol–water partition coefficient (Wildman–Crippen LogP) is 3.85. The molecule has 3 rings (SSSR count). The van der Waals surface area contributed by atoms with Crippen molar-refractivity contribution in [2.75, 3.05) is 25.5 Å². The first-order chi connectivity index (χ1) is 15.7. The van der Waals surface area contributed by atoms with Crippen LogP contribution in [0.2, 0.25) is 0 Å². The van der Waals surface area contributed by atoms with Gasteiger partial charge in [-0.1, -0.05) is 17.7 Å². The molecule has 0 saturated heterocycles. The maximum Gasteiger partial charge on any atom is 0.338 e. The Balaban J connectivity index is 1.66. The molecule has 0 spiro atoms. The molecule has 0 radical (unpaired) electrons. The van der Waals surface area contributed by atoms with Crippen LogP contribution < -0.4 is 14.2 Å². The summed E-state index contributed by atoms with van der Waals surface area (Å²) in [7, 11) is -0.934. The number of hydrogen-bond donors (Lipinski definition) is 1. The molecule has 172 valence electrons. The van der Waals surface area contributed by atoms with Gasteiger partial charge in [0.05, 0.1) is 30.2 Å².